The quantitative estimate of drug-likeness (QED) is 0.639. The molecular weight excluding hydrogens is 252 g/mol. The highest BCUT2D eigenvalue weighted by Gasteiger charge is 2.15. The lowest BCUT2D eigenvalue weighted by molar-refractivity contribution is 0.446. The number of rotatable bonds is 6. The lowest BCUT2D eigenvalue weighted by atomic mass is 10.1. The summed E-state index contributed by atoms with van der Waals surface area (Å²) in [6.07, 6.45) is 4.62. The molecule has 0 fully saturated rings. The van der Waals surface area contributed by atoms with Crippen molar-refractivity contribution in [3.05, 3.63) is 31.6 Å². The lowest BCUT2D eigenvalue weighted by Gasteiger charge is -2.15. The Morgan fingerprint density at radius 3 is 2.50 bits per heavy atom. The second kappa shape index (κ2) is 6.78. The first-order chi connectivity index (χ1) is 8.52. The third-order valence-corrected chi connectivity index (χ3v) is 3.52. The summed E-state index contributed by atoms with van der Waals surface area (Å²) >= 11 is 5.87. The zero-order chi connectivity index (χ0) is 13.7. The smallest absolute Gasteiger partial charge is 0.297 e. The van der Waals surface area contributed by atoms with E-state index in [1.54, 1.807) is 0 Å². The number of nitrogens with one attached hydrogen (secondary N) is 1. The van der Waals surface area contributed by atoms with Gasteiger partial charge in [-0.2, -0.15) is 0 Å². The van der Waals surface area contributed by atoms with Crippen LogP contribution < -0.4 is 11.2 Å². The summed E-state index contributed by atoms with van der Waals surface area (Å²) in [6.45, 7) is 5.88. The van der Waals surface area contributed by atoms with E-state index in [0.717, 1.165) is 25.7 Å². The summed E-state index contributed by atoms with van der Waals surface area (Å²) in [4.78, 5) is 26.5. The minimum absolute atomic E-state index is 0.0876. The molecule has 1 N–H and O–H groups in total. The molecule has 1 aromatic heterocycles. The van der Waals surface area contributed by atoms with Crippen LogP contribution >= 0.6 is 11.6 Å². The highest BCUT2D eigenvalue weighted by Crippen LogP contribution is 2.13. The van der Waals surface area contributed by atoms with E-state index >= 15 is 0 Å². The second-order valence-electron chi connectivity index (χ2n) is 4.60. The molecule has 0 amide bonds. The van der Waals surface area contributed by atoms with Gasteiger partial charge in [0.05, 0.1) is 5.56 Å². The van der Waals surface area contributed by atoms with Crippen LogP contribution in [0, 0.1) is 0 Å². The first-order valence-electron chi connectivity index (χ1n) is 6.56. The monoisotopic (exact) mass is 272 g/mol. The molecule has 1 aromatic rings. The summed E-state index contributed by atoms with van der Waals surface area (Å²) < 4.78 is 1.29. The van der Waals surface area contributed by atoms with Gasteiger partial charge in [0.25, 0.3) is 5.56 Å². The molecule has 1 heterocycles. The number of aromatic amines is 1. The average Bonchev–Trinajstić information content (AvgIpc) is 2.29. The molecule has 0 aromatic carbocycles. The van der Waals surface area contributed by atoms with Crippen molar-refractivity contribution in [2.24, 2.45) is 0 Å². The standard InChI is InChI=1S/C13H21ClN2O2/c1-4-6-7-8-9(3)16-12(17)10(5-2)11(14)15-13(16)18/h9H,4-8H2,1-3H3,(H,15,18). The zero-order valence-electron chi connectivity index (χ0n) is 11.3. The summed E-state index contributed by atoms with van der Waals surface area (Å²) in [5, 5.41) is 0.171. The van der Waals surface area contributed by atoms with E-state index in [0.29, 0.717) is 12.0 Å². The Bertz CT molecular complexity index is 505. The van der Waals surface area contributed by atoms with E-state index in [-0.39, 0.29) is 16.8 Å². The van der Waals surface area contributed by atoms with Crippen molar-refractivity contribution in [2.75, 3.05) is 0 Å². The van der Waals surface area contributed by atoms with Gasteiger partial charge in [-0.05, 0) is 19.8 Å². The van der Waals surface area contributed by atoms with Gasteiger partial charge in [0, 0.05) is 6.04 Å². The molecule has 1 rings (SSSR count). The number of nitrogens with zero attached hydrogens (tertiary/aromatic N) is 1. The van der Waals surface area contributed by atoms with Gasteiger partial charge in [-0.3, -0.25) is 14.3 Å². The summed E-state index contributed by atoms with van der Waals surface area (Å²) in [7, 11) is 0. The van der Waals surface area contributed by atoms with Gasteiger partial charge < -0.3 is 0 Å². The number of H-pyrrole nitrogens is 1. The molecule has 0 saturated heterocycles. The fourth-order valence-corrected chi connectivity index (χ4v) is 2.38. The Morgan fingerprint density at radius 1 is 1.28 bits per heavy atom. The van der Waals surface area contributed by atoms with Crippen LogP contribution in [0.15, 0.2) is 9.59 Å². The van der Waals surface area contributed by atoms with E-state index in [9.17, 15) is 9.59 Å². The van der Waals surface area contributed by atoms with Crippen LogP contribution in [-0.4, -0.2) is 9.55 Å². The molecular formula is C13H21ClN2O2. The van der Waals surface area contributed by atoms with Gasteiger partial charge in [0.1, 0.15) is 5.15 Å². The van der Waals surface area contributed by atoms with E-state index in [1.165, 1.54) is 4.57 Å². The molecule has 0 aliphatic heterocycles. The summed E-state index contributed by atoms with van der Waals surface area (Å²) in [5.41, 5.74) is -0.181. The average molecular weight is 273 g/mol. The van der Waals surface area contributed by atoms with Crippen molar-refractivity contribution in [3.8, 4) is 0 Å². The van der Waals surface area contributed by atoms with Gasteiger partial charge in [-0.25, -0.2) is 4.79 Å². The highest BCUT2D eigenvalue weighted by molar-refractivity contribution is 6.30. The van der Waals surface area contributed by atoms with E-state index < -0.39 is 5.69 Å². The third-order valence-electron chi connectivity index (χ3n) is 3.20. The van der Waals surface area contributed by atoms with Crippen LogP contribution in [0.5, 0.6) is 0 Å². The molecule has 1 atom stereocenters. The molecule has 0 spiro atoms. The van der Waals surface area contributed by atoms with Gasteiger partial charge in [-0.1, -0.05) is 44.7 Å². The Kier molecular flexibility index (Phi) is 5.66. The Balaban J connectivity index is 3.09. The molecule has 4 nitrogen and oxygen atoms in total. The second-order valence-corrected chi connectivity index (χ2v) is 4.97. The molecule has 0 bridgehead atoms. The topological polar surface area (TPSA) is 54.9 Å². The number of unbranched alkanes of at least 4 members (excludes halogenated alkanes) is 2. The predicted molar refractivity (Wildman–Crippen MR) is 74.6 cm³/mol. The minimum atomic E-state index is -0.411. The van der Waals surface area contributed by atoms with Gasteiger partial charge in [0.2, 0.25) is 0 Å². The number of aromatic nitrogens is 2. The van der Waals surface area contributed by atoms with Crippen molar-refractivity contribution < 1.29 is 0 Å². The van der Waals surface area contributed by atoms with Gasteiger partial charge >= 0.3 is 5.69 Å². The highest BCUT2D eigenvalue weighted by atomic mass is 35.5. The number of hydrogen-bond donors (Lipinski definition) is 1. The molecule has 1 unspecified atom stereocenters. The van der Waals surface area contributed by atoms with Crippen LogP contribution in [0.4, 0.5) is 0 Å². The fourth-order valence-electron chi connectivity index (χ4n) is 2.09. The van der Waals surface area contributed by atoms with Gasteiger partial charge in [0.15, 0.2) is 0 Å². The number of hydrogen-bond acceptors (Lipinski definition) is 2. The van der Waals surface area contributed by atoms with Crippen LogP contribution in [0.3, 0.4) is 0 Å². The first-order valence-corrected chi connectivity index (χ1v) is 6.93. The predicted octanol–water partition coefficient (Wildman–Crippen LogP) is 2.89. The van der Waals surface area contributed by atoms with Crippen LogP contribution in [0.25, 0.3) is 0 Å². The molecule has 102 valence electrons. The van der Waals surface area contributed by atoms with Crippen molar-refractivity contribution in [2.45, 2.75) is 58.9 Å². The van der Waals surface area contributed by atoms with E-state index in [1.807, 2.05) is 13.8 Å². The van der Waals surface area contributed by atoms with Crippen molar-refractivity contribution in [3.63, 3.8) is 0 Å². The normalized spacial score (nSPS) is 12.7. The summed E-state index contributed by atoms with van der Waals surface area (Å²) in [6, 6.07) is -0.0876. The summed E-state index contributed by atoms with van der Waals surface area (Å²) in [5.74, 6) is 0. The Hall–Kier alpha value is -1.03. The molecule has 18 heavy (non-hydrogen) atoms. The van der Waals surface area contributed by atoms with Crippen molar-refractivity contribution in [1.29, 1.82) is 0 Å². The SMILES string of the molecule is CCCCCC(C)n1c(=O)[nH]c(Cl)c(CC)c1=O. The van der Waals surface area contributed by atoms with Crippen LogP contribution in [-0.2, 0) is 6.42 Å². The van der Waals surface area contributed by atoms with Gasteiger partial charge in [-0.15, -0.1) is 0 Å². The number of halogens is 1. The fraction of sp³-hybridized carbons (Fsp3) is 0.692. The minimum Gasteiger partial charge on any atom is -0.297 e. The first kappa shape index (κ1) is 15.0. The maximum absolute atomic E-state index is 12.2. The van der Waals surface area contributed by atoms with Crippen LogP contribution in [0.1, 0.15) is 58.1 Å². The maximum Gasteiger partial charge on any atom is 0.329 e. The molecule has 0 radical (unpaired) electrons. The zero-order valence-corrected chi connectivity index (χ0v) is 12.0. The largest absolute Gasteiger partial charge is 0.329 e. The van der Waals surface area contributed by atoms with Crippen LogP contribution in [0.2, 0.25) is 5.15 Å². The Morgan fingerprint density at radius 2 is 1.94 bits per heavy atom. The van der Waals surface area contributed by atoms with Crippen molar-refractivity contribution in [1.82, 2.24) is 9.55 Å². The Labute approximate surface area is 112 Å². The lowest BCUT2D eigenvalue weighted by Crippen LogP contribution is -2.39. The molecule has 0 aliphatic rings. The maximum atomic E-state index is 12.2. The van der Waals surface area contributed by atoms with E-state index in [2.05, 4.69) is 11.9 Å². The molecule has 5 heteroatoms. The van der Waals surface area contributed by atoms with E-state index in [4.69, 9.17) is 11.6 Å². The molecule has 0 aliphatic carbocycles. The van der Waals surface area contributed by atoms with Crippen molar-refractivity contribution >= 4 is 11.6 Å². The third kappa shape index (κ3) is 3.25. The molecule has 0 saturated carbocycles.